The topological polar surface area (TPSA) is 54.5 Å². The van der Waals surface area contributed by atoms with Crippen LogP contribution in [0.4, 0.5) is 51.2 Å². The molecular weight excluding hydrogens is 1260 g/mol. The number of anilines is 9. The molecule has 1 radical (unpaired) electrons. The van der Waals surface area contributed by atoms with Gasteiger partial charge in [0.1, 0.15) is 0 Å². The zero-order chi connectivity index (χ0) is 49.1. The Morgan fingerprint density at radius 3 is 1.51 bits per heavy atom. The Bertz CT molecular complexity index is 2990. The molecular formula is C62H58IrN8OPt-8. The van der Waals surface area contributed by atoms with E-state index in [4.69, 9.17) is 4.74 Å². The monoisotopic (exact) mass is 1320 g/mol. The first-order chi connectivity index (χ1) is 34.4. The van der Waals surface area contributed by atoms with Crippen LogP contribution >= 0.6 is 0 Å². The minimum absolute atomic E-state index is 0. The number of hydrogen-bond donors (Lipinski definition) is 0. The second-order valence-corrected chi connectivity index (χ2v) is 20.0. The number of pyridine rings is 2. The molecule has 0 saturated heterocycles. The summed E-state index contributed by atoms with van der Waals surface area (Å²) in [5.74, 6) is 1.22. The van der Waals surface area contributed by atoms with Gasteiger partial charge in [-0.25, -0.2) is 6.07 Å². The smallest absolute Gasteiger partial charge is 0.0326 e. The van der Waals surface area contributed by atoms with E-state index in [2.05, 4.69) is 216 Å². The van der Waals surface area contributed by atoms with Crippen molar-refractivity contribution < 1.29 is 45.9 Å². The quantitative estimate of drug-likeness (QED) is 0.0931. The second kappa shape index (κ2) is 22.8. The summed E-state index contributed by atoms with van der Waals surface area (Å²) < 4.78 is 6.44. The fourth-order valence-electron chi connectivity index (χ4n) is 8.95. The molecule has 73 heavy (non-hydrogen) atoms. The van der Waals surface area contributed by atoms with Gasteiger partial charge < -0.3 is 44.1 Å². The Balaban J connectivity index is 0.000000190. The zero-order valence-corrected chi connectivity index (χ0v) is 46.9. The van der Waals surface area contributed by atoms with Crippen LogP contribution in [0, 0.1) is 50.3 Å². The molecule has 3 aliphatic rings. The van der Waals surface area contributed by atoms with Crippen LogP contribution in [0.3, 0.4) is 0 Å². The van der Waals surface area contributed by atoms with Gasteiger partial charge in [-0.05, 0) is 81.8 Å². The molecule has 8 aromatic rings. The largest absolute Gasteiger partial charge is 0.510 e. The van der Waals surface area contributed by atoms with E-state index in [9.17, 15) is 0 Å². The van der Waals surface area contributed by atoms with Crippen LogP contribution in [-0.2, 0) is 52.0 Å². The van der Waals surface area contributed by atoms with Crippen LogP contribution in [0.1, 0.15) is 65.5 Å². The molecule has 11 heteroatoms. The van der Waals surface area contributed by atoms with Gasteiger partial charge in [0.15, 0.2) is 0 Å². The fraction of sp³-hybridized carbons (Fsp3) is 0.210. The van der Waals surface area contributed by atoms with Gasteiger partial charge in [-0.2, -0.15) is 98.9 Å². The van der Waals surface area contributed by atoms with Gasteiger partial charge in [-0.15, -0.1) is 52.2 Å². The fourth-order valence-corrected chi connectivity index (χ4v) is 8.95. The maximum atomic E-state index is 6.44. The van der Waals surface area contributed by atoms with Crippen molar-refractivity contribution in [3.05, 3.63) is 219 Å². The zero-order valence-electron chi connectivity index (χ0n) is 42.2. The number of para-hydroxylation sites is 8. The van der Waals surface area contributed by atoms with Crippen LogP contribution in [0.25, 0.3) is 11.4 Å². The SMILES string of the molecule is CN1[CH-]N(c2[c-]c(Oc3[c-]c(-c4[c-]cc(C(C)(C)C)cn4)ncc3C(C)(C)C)ccc2)c2ccccc21.[Ir].[Pt].[c-]1ccccc1N1[CH-]N(CCCCN2[CH-]N(c3[c-]cccc3)c3ccccc32)c2ccccc21. The van der Waals surface area contributed by atoms with E-state index in [1.807, 2.05) is 80.1 Å². The first-order valence-corrected chi connectivity index (χ1v) is 24.3. The van der Waals surface area contributed by atoms with Crippen molar-refractivity contribution in [2.45, 2.75) is 65.2 Å². The average Bonchev–Trinajstić information content (AvgIpc) is 4.07. The summed E-state index contributed by atoms with van der Waals surface area (Å²) in [5.41, 5.74) is 13.3. The van der Waals surface area contributed by atoms with Crippen LogP contribution in [-0.4, -0.2) is 30.1 Å². The van der Waals surface area contributed by atoms with Crippen molar-refractivity contribution in [3.63, 3.8) is 0 Å². The Labute approximate surface area is 461 Å². The molecule has 9 nitrogen and oxygen atoms in total. The van der Waals surface area contributed by atoms with Crippen molar-refractivity contribution in [2.75, 3.05) is 49.5 Å². The predicted octanol–water partition coefficient (Wildman–Crippen LogP) is 14.6. The van der Waals surface area contributed by atoms with Crippen LogP contribution in [0.2, 0.25) is 0 Å². The predicted molar refractivity (Wildman–Crippen MR) is 289 cm³/mol. The molecule has 0 fully saturated rings. The summed E-state index contributed by atoms with van der Waals surface area (Å²) in [7, 11) is 2.04. The Hall–Kier alpha value is -6.44. The molecule has 6 aromatic carbocycles. The van der Waals surface area contributed by atoms with Crippen LogP contribution in [0.15, 0.2) is 158 Å². The summed E-state index contributed by atoms with van der Waals surface area (Å²) in [6.07, 6.45) is 5.94. The van der Waals surface area contributed by atoms with E-state index in [1.54, 1.807) is 0 Å². The van der Waals surface area contributed by atoms with Gasteiger partial charge in [0.2, 0.25) is 0 Å². The number of benzene rings is 6. The van der Waals surface area contributed by atoms with E-state index < -0.39 is 0 Å². The normalized spacial score (nSPS) is 13.6. The Morgan fingerprint density at radius 1 is 0.507 bits per heavy atom. The van der Waals surface area contributed by atoms with Crippen LogP contribution < -0.4 is 34.1 Å². The molecule has 0 aliphatic carbocycles. The number of unbranched alkanes of at least 4 members (excludes halogenated alkanes) is 1. The van der Waals surface area contributed by atoms with Crippen molar-refractivity contribution in [3.8, 4) is 22.9 Å². The second-order valence-electron chi connectivity index (χ2n) is 20.0. The number of ether oxygens (including phenoxy) is 1. The third-order valence-corrected chi connectivity index (χ3v) is 12.8. The molecule has 3 aliphatic heterocycles. The number of rotatable bonds is 11. The maximum Gasteiger partial charge on any atom is 0.0326 e. The minimum Gasteiger partial charge on any atom is -0.510 e. The summed E-state index contributed by atoms with van der Waals surface area (Å²) >= 11 is 0. The van der Waals surface area contributed by atoms with Crippen molar-refractivity contribution in [1.82, 2.24) is 9.97 Å². The van der Waals surface area contributed by atoms with Gasteiger partial charge in [-0.3, -0.25) is 0 Å². The summed E-state index contributed by atoms with van der Waals surface area (Å²) in [4.78, 5) is 22.7. The molecule has 0 bridgehead atoms. The van der Waals surface area contributed by atoms with E-state index in [0.29, 0.717) is 22.9 Å². The van der Waals surface area contributed by atoms with E-state index in [1.165, 1.54) is 22.7 Å². The Morgan fingerprint density at radius 2 is 1.00 bits per heavy atom. The number of nitrogens with zero attached hydrogens (tertiary/aromatic N) is 8. The van der Waals surface area contributed by atoms with Gasteiger partial charge in [-0.1, -0.05) is 94.3 Å². The van der Waals surface area contributed by atoms with E-state index in [0.717, 1.165) is 65.5 Å². The van der Waals surface area contributed by atoms with Gasteiger partial charge in [0, 0.05) is 86.8 Å². The molecule has 0 amide bonds. The minimum atomic E-state index is -0.188. The number of aromatic nitrogens is 2. The first-order valence-electron chi connectivity index (χ1n) is 24.3. The molecule has 0 atom stereocenters. The third kappa shape index (κ3) is 11.7. The Kier molecular flexibility index (Phi) is 16.5. The standard InChI is InChI=1S/C32H32N4O.C30H26N4.Ir.Pt/c1-31(2,3)22-15-16-26(33-19-22)27-18-30(25(20-34-27)32(4,5)6)37-24-12-10-11-23(17-24)36-21-35(7)28-13-8-9-14-29(28)36;1-3-13-25(14-4-1)33-23-31(27-17-7-9-19-29(27)33)21-11-12-22-32-24-34(26-15-5-2-6-16-26)30-20-10-8-18-28(30)32;;/h8-15,19-21H,1-7H3;1-10,13,15,17-20,23-24H,11-12,21-22H2;;/q2*-4;;. The van der Waals surface area contributed by atoms with E-state index >= 15 is 0 Å². The van der Waals surface area contributed by atoms with Gasteiger partial charge in [0.25, 0.3) is 0 Å². The summed E-state index contributed by atoms with van der Waals surface area (Å²) in [6.45, 7) is 21.3. The summed E-state index contributed by atoms with van der Waals surface area (Å²) in [5, 5.41) is 0. The molecule has 0 N–H and O–H groups in total. The van der Waals surface area contributed by atoms with Crippen molar-refractivity contribution in [2.24, 2.45) is 0 Å². The third-order valence-electron chi connectivity index (χ3n) is 12.8. The number of fused-ring (bicyclic) bond motifs is 3. The van der Waals surface area contributed by atoms with Crippen molar-refractivity contribution in [1.29, 1.82) is 0 Å². The molecule has 0 spiro atoms. The van der Waals surface area contributed by atoms with E-state index in [-0.39, 0.29) is 52.0 Å². The first kappa shape index (κ1) is 52.9. The van der Waals surface area contributed by atoms with Gasteiger partial charge in [0.05, 0.1) is 0 Å². The van der Waals surface area contributed by atoms with Gasteiger partial charge >= 0.3 is 0 Å². The summed E-state index contributed by atoms with van der Waals surface area (Å²) in [6, 6.07) is 66.5. The van der Waals surface area contributed by atoms with Crippen LogP contribution in [0.5, 0.6) is 11.5 Å². The average molecular weight is 1320 g/mol. The molecule has 5 heterocycles. The number of hydrogen-bond acceptors (Lipinski definition) is 9. The molecule has 0 unspecified atom stereocenters. The molecule has 0 saturated carbocycles. The molecule has 2 aromatic heterocycles. The van der Waals surface area contributed by atoms with Crippen molar-refractivity contribution >= 4 is 51.2 Å². The molecule has 11 rings (SSSR count). The maximum absolute atomic E-state index is 6.44. The molecule has 379 valence electrons.